The van der Waals surface area contributed by atoms with E-state index in [0.29, 0.717) is 17.3 Å². The Balaban J connectivity index is 1.22. The van der Waals surface area contributed by atoms with Crippen LogP contribution in [0.3, 0.4) is 0 Å². The summed E-state index contributed by atoms with van der Waals surface area (Å²) < 4.78 is 6.22. The summed E-state index contributed by atoms with van der Waals surface area (Å²) in [4.78, 5) is 25.5. The first-order valence-electron chi connectivity index (χ1n) is 10.1. The highest BCUT2D eigenvalue weighted by Gasteiger charge is 2.22. The van der Waals surface area contributed by atoms with Crippen molar-refractivity contribution in [1.29, 1.82) is 0 Å². The number of pyridine rings is 1. The Bertz CT molecular complexity index is 997. The van der Waals surface area contributed by atoms with Crippen LogP contribution in [0.15, 0.2) is 51.7 Å². The summed E-state index contributed by atoms with van der Waals surface area (Å²) in [6, 6.07) is 9.92. The molecule has 0 spiro atoms. The Labute approximate surface area is 184 Å². The van der Waals surface area contributed by atoms with Crippen molar-refractivity contribution in [3.63, 3.8) is 0 Å². The molecule has 3 heterocycles. The van der Waals surface area contributed by atoms with Crippen LogP contribution in [0.25, 0.3) is 11.4 Å². The second-order valence-corrected chi connectivity index (χ2v) is 8.42. The molecule has 1 aliphatic heterocycles. The van der Waals surface area contributed by atoms with Gasteiger partial charge in [-0.05, 0) is 41.9 Å². The molecule has 4 rings (SSSR count). The van der Waals surface area contributed by atoms with E-state index in [4.69, 9.17) is 4.52 Å². The van der Waals surface area contributed by atoms with Gasteiger partial charge in [-0.25, -0.2) is 0 Å². The van der Waals surface area contributed by atoms with Gasteiger partial charge >= 0.3 is 0 Å². The summed E-state index contributed by atoms with van der Waals surface area (Å²) >= 11 is 3.37. The Hall–Kier alpha value is -2.58. The lowest BCUT2D eigenvalue weighted by Gasteiger charge is -2.34. The van der Waals surface area contributed by atoms with Gasteiger partial charge in [-0.15, -0.1) is 0 Å². The summed E-state index contributed by atoms with van der Waals surface area (Å²) in [6.07, 6.45) is 5.00. The molecule has 7 nitrogen and oxygen atoms in total. The van der Waals surface area contributed by atoms with Crippen LogP contribution < -0.4 is 0 Å². The zero-order valence-corrected chi connectivity index (χ0v) is 18.5. The van der Waals surface area contributed by atoms with Crippen LogP contribution in [0.2, 0.25) is 0 Å². The van der Waals surface area contributed by atoms with Crippen molar-refractivity contribution < 1.29 is 9.32 Å². The SMILES string of the molecule is Cc1ccc(-c2noc(CCCN3CCN(C(=O)c4cncc(Br)c4)CC3)n2)cc1. The van der Waals surface area contributed by atoms with Gasteiger partial charge in [0.1, 0.15) is 0 Å². The van der Waals surface area contributed by atoms with E-state index in [0.717, 1.165) is 55.6 Å². The fraction of sp³-hybridized carbons (Fsp3) is 0.364. The van der Waals surface area contributed by atoms with E-state index >= 15 is 0 Å². The summed E-state index contributed by atoms with van der Waals surface area (Å²) in [5.74, 6) is 1.35. The minimum atomic E-state index is 0.0398. The van der Waals surface area contributed by atoms with Gasteiger partial charge in [0.15, 0.2) is 0 Å². The molecule has 2 aromatic heterocycles. The molecule has 156 valence electrons. The number of benzene rings is 1. The summed E-state index contributed by atoms with van der Waals surface area (Å²) in [5.41, 5.74) is 2.80. The number of carbonyl (C=O) groups is 1. The number of hydrogen-bond acceptors (Lipinski definition) is 6. The third-order valence-corrected chi connectivity index (χ3v) is 5.69. The Morgan fingerprint density at radius 2 is 1.90 bits per heavy atom. The fourth-order valence-corrected chi connectivity index (χ4v) is 3.88. The van der Waals surface area contributed by atoms with E-state index < -0.39 is 0 Å². The number of rotatable bonds is 6. The number of piperazine rings is 1. The average Bonchev–Trinajstić information content (AvgIpc) is 3.23. The molecule has 8 heteroatoms. The molecule has 30 heavy (non-hydrogen) atoms. The van der Waals surface area contributed by atoms with Crippen molar-refractivity contribution in [2.75, 3.05) is 32.7 Å². The predicted octanol–water partition coefficient (Wildman–Crippen LogP) is 3.59. The van der Waals surface area contributed by atoms with Crippen LogP contribution >= 0.6 is 15.9 Å². The first-order valence-corrected chi connectivity index (χ1v) is 10.9. The Morgan fingerprint density at radius 1 is 1.13 bits per heavy atom. The third kappa shape index (κ3) is 5.12. The minimum Gasteiger partial charge on any atom is -0.339 e. The summed E-state index contributed by atoms with van der Waals surface area (Å²) in [7, 11) is 0. The van der Waals surface area contributed by atoms with Crippen molar-refractivity contribution in [3.8, 4) is 11.4 Å². The normalized spacial score (nSPS) is 14.8. The zero-order valence-electron chi connectivity index (χ0n) is 16.9. The molecular weight excluding hydrogens is 446 g/mol. The molecule has 0 saturated carbocycles. The topological polar surface area (TPSA) is 75.4 Å². The maximum absolute atomic E-state index is 12.6. The van der Waals surface area contributed by atoms with Crippen LogP contribution in [0.4, 0.5) is 0 Å². The first kappa shape index (κ1) is 20.7. The molecular formula is C22H24BrN5O2. The number of nitrogens with zero attached hydrogens (tertiary/aromatic N) is 5. The molecule has 1 fully saturated rings. The van der Waals surface area contributed by atoms with Crippen molar-refractivity contribution >= 4 is 21.8 Å². The number of aromatic nitrogens is 3. The molecule has 0 aliphatic carbocycles. The van der Waals surface area contributed by atoms with Gasteiger partial charge in [0.05, 0.1) is 5.56 Å². The van der Waals surface area contributed by atoms with Gasteiger partial charge in [0.25, 0.3) is 5.91 Å². The molecule has 1 saturated heterocycles. The molecule has 0 N–H and O–H groups in total. The number of halogens is 1. The van der Waals surface area contributed by atoms with Crippen LogP contribution in [-0.2, 0) is 6.42 Å². The van der Waals surface area contributed by atoms with E-state index in [-0.39, 0.29) is 5.91 Å². The molecule has 0 bridgehead atoms. The van der Waals surface area contributed by atoms with Gasteiger partial charge < -0.3 is 9.42 Å². The Morgan fingerprint density at radius 3 is 2.63 bits per heavy atom. The minimum absolute atomic E-state index is 0.0398. The highest BCUT2D eigenvalue weighted by Crippen LogP contribution is 2.17. The van der Waals surface area contributed by atoms with Crippen molar-refractivity contribution in [1.82, 2.24) is 24.9 Å². The van der Waals surface area contributed by atoms with Crippen LogP contribution in [0, 0.1) is 6.92 Å². The zero-order chi connectivity index (χ0) is 20.9. The van der Waals surface area contributed by atoms with E-state index in [1.807, 2.05) is 35.2 Å². The predicted molar refractivity (Wildman–Crippen MR) is 117 cm³/mol. The van der Waals surface area contributed by atoms with E-state index in [1.165, 1.54) is 5.56 Å². The van der Waals surface area contributed by atoms with Crippen molar-refractivity contribution in [3.05, 3.63) is 64.2 Å². The molecule has 0 unspecified atom stereocenters. The number of aryl methyl sites for hydroxylation is 2. The second kappa shape index (κ2) is 9.49. The highest BCUT2D eigenvalue weighted by atomic mass is 79.9. The van der Waals surface area contributed by atoms with Crippen LogP contribution in [0.5, 0.6) is 0 Å². The lowest BCUT2D eigenvalue weighted by molar-refractivity contribution is 0.0635. The second-order valence-electron chi connectivity index (χ2n) is 7.51. The van der Waals surface area contributed by atoms with Crippen molar-refractivity contribution in [2.24, 2.45) is 0 Å². The van der Waals surface area contributed by atoms with Gasteiger partial charge in [-0.3, -0.25) is 14.7 Å². The van der Waals surface area contributed by atoms with Crippen LogP contribution in [-0.4, -0.2) is 63.6 Å². The molecule has 3 aromatic rings. The molecule has 1 aliphatic rings. The average molecular weight is 470 g/mol. The lowest BCUT2D eigenvalue weighted by Crippen LogP contribution is -2.48. The lowest BCUT2D eigenvalue weighted by atomic mass is 10.1. The quantitative estimate of drug-likeness (QED) is 0.548. The van der Waals surface area contributed by atoms with E-state index in [1.54, 1.807) is 12.4 Å². The molecule has 1 aromatic carbocycles. The third-order valence-electron chi connectivity index (χ3n) is 5.25. The number of hydrogen-bond donors (Lipinski definition) is 0. The van der Waals surface area contributed by atoms with Gasteiger partial charge in [0, 0.05) is 55.0 Å². The Kier molecular flexibility index (Phi) is 6.54. The maximum atomic E-state index is 12.6. The smallest absolute Gasteiger partial charge is 0.255 e. The summed E-state index contributed by atoms with van der Waals surface area (Å²) in [5, 5.41) is 4.09. The molecule has 0 atom stereocenters. The van der Waals surface area contributed by atoms with E-state index in [2.05, 4.69) is 42.9 Å². The number of carbonyl (C=O) groups excluding carboxylic acids is 1. The highest BCUT2D eigenvalue weighted by molar-refractivity contribution is 9.10. The van der Waals surface area contributed by atoms with Gasteiger partial charge in [-0.2, -0.15) is 4.98 Å². The summed E-state index contributed by atoms with van der Waals surface area (Å²) in [6.45, 7) is 6.19. The standard InChI is InChI=1S/C22H24BrN5O2/c1-16-4-6-17(7-5-16)21-25-20(30-26-21)3-2-8-27-9-11-28(12-10-27)22(29)18-13-19(23)15-24-14-18/h4-7,13-15H,2-3,8-12H2,1H3. The van der Waals surface area contributed by atoms with Crippen LogP contribution in [0.1, 0.15) is 28.2 Å². The largest absolute Gasteiger partial charge is 0.339 e. The maximum Gasteiger partial charge on any atom is 0.255 e. The van der Waals surface area contributed by atoms with Crippen molar-refractivity contribution in [2.45, 2.75) is 19.8 Å². The molecule has 1 amide bonds. The monoisotopic (exact) mass is 469 g/mol. The fourth-order valence-electron chi connectivity index (χ4n) is 3.52. The number of amides is 1. The van der Waals surface area contributed by atoms with Gasteiger partial charge in [0.2, 0.25) is 11.7 Å². The van der Waals surface area contributed by atoms with Gasteiger partial charge in [-0.1, -0.05) is 35.0 Å². The molecule has 0 radical (unpaired) electrons. The first-order chi connectivity index (χ1) is 14.6. The van der Waals surface area contributed by atoms with E-state index in [9.17, 15) is 4.79 Å².